The van der Waals surface area contributed by atoms with E-state index in [9.17, 15) is 4.79 Å². The lowest BCUT2D eigenvalue weighted by Crippen LogP contribution is -2.35. The summed E-state index contributed by atoms with van der Waals surface area (Å²) < 4.78 is 1.97. The van der Waals surface area contributed by atoms with Crippen LogP contribution in [0.4, 0.5) is 0 Å². The van der Waals surface area contributed by atoms with Crippen LogP contribution in [0.2, 0.25) is 5.02 Å². The first-order valence-corrected chi connectivity index (χ1v) is 11.0. The monoisotopic (exact) mass is 432 g/mol. The second-order valence-electron chi connectivity index (χ2n) is 8.06. The molecule has 158 valence electrons. The van der Waals surface area contributed by atoms with Gasteiger partial charge in [-0.15, -0.1) is 0 Å². The van der Waals surface area contributed by atoms with E-state index < -0.39 is 0 Å². The van der Waals surface area contributed by atoms with E-state index in [1.165, 1.54) is 6.42 Å². The highest BCUT2D eigenvalue weighted by Gasteiger charge is 2.18. The molecular formula is C25H25ClN4O. The van der Waals surface area contributed by atoms with Gasteiger partial charge in [0.25, 0.3) is 5.91 Å². The highest BCUT2D eigenvalue weighted by molar-refractivity contribution is 6.32. The molecule has 0 unspecified atom stereocenters. The van der Waals surface area contributed by atoms with Crippen molar-refractivity contribution < 1.29 is 4.79 Å². The summed E-state index contributed by atoms with van der Waals surface area (Å²) in [6, 6.07) is 15.4. The first kappa shape index (κ1) is 21.1. The zero-order valence-electron chi connectivity index (χ0n) is 17.9. The van der Waals surface area contributed by atoms with Crippen LogP contribution < -0.4 is 0 Å². The average molecular weight is 433 g/mol. The topological polar surface area (TPSA) is 61.9 Å². The molecule has 0 aliphatic carbocycles. The number of piperidine rings is 1. The van der Waals surface area contributed by atoms with Gasteiger partial charge in [0, 0.05) is 29.9 Å². The summed E-state index contributed by atoms with van der Waals surface area (Å²) in [6.07, 6.45) is 3.39. The zero-order valence-corrected chi connectivity index (χ0v) is 18.6. The van der Waals surface area contributed by atoms with Crippen molar-refractivity contribution in [2.24, 2.45) is 0 Å². The van der Waals surface area contributed by atoms with Gasteiger partial charge >= 0.3 is 0 Å². The summed E-state index contributed by atoms with van der Waals surface area (Å²) in [6.45, 7) is 6.35. The van der Waals surface area contributed by atoms with Gasteiger partial charge in [-0.3, -0.25) is 9.48 Å². The molecule has 4 rings (SSSR count). The van der Waals surface area contributed by atoms with Crippen molar-refractivity contribution in [3.05, 3.63) is 75.6 Å². The van der Waals surface area contributed by atoms with E-state index in [4.69, 9.17) is 22.0 Å². The standard InChI is InChI=1S/C25H25ClN4O/c1-17-24(21-10-11-22(15-27)23(26)14-21)18(2)30(28-17)16-19-6-8-20(9-7-19)25(31)29-12-4-3-5-13-29/h6-11,14H,3-5,12-13,16H2,1-2H3. The summed E-state index contributed by atoms with van der Waals surface area (Å²) in [7, 11) is 0. The predicted molar refractivity (Wildman–Crippen MR) is 122 cm³/mol. The Morgan fingerprint density at radius 1 is 1.10 bits per heavy atom. The lowest BCUT2D eigenvalue weighted by Gasteiger charge is -2.26. The largest absolute Gasteiger partial charge is 0.339 e. The molecule has 2 aromatic carbocycles. The molecule has 3 aromatic rings. The molecule has 1 aliphatic rings. The number of halogens is 1. The Morgan fingerprint density at radius 2 is 1.81 bits per heavy atom. The first-order chi connectivity index (χ1) is 15.0. The summed E-state index contributed by atoms with van der Waals surface area (Å²) in [5.41, 5.74) is 6.22. The van der Waals surface area contributed by atoms with Gasteiger partial charge in [-0.05, 0) is 68.5 Å². The second-order valence-corrected chi connectivity index (χ2v) is 8.47. The zero-order chi connectivity index (χ0) is 22.0. The second kappa shape index (κ2) is 8.95. The van der Waals surface area contributed by atoms with E-state index >= 15 is 0 Å². The molecule has 0 bridgehead atoms. The Hall–Kier alpha value is -3.10. The van der Waals surface area contributed by atoms with Crippen LogP contribution in [0.1, 0.15) is 52.1 Å². The molecular weight excluding hydrogens is 408 g/mol. The lowest BCUT2D eigenvalue weighted by molar-refractivity contribution is 0.0724. The number of aromatic nitrogens is 2. The van der Waals surface area contributed by atoms with Gasteiger partial charge in [-0.1, -0.05) is 29.8 Å². The first-order valence-electron chi connectivity index (χ1n) is 10.6. The minimum Gasteiger partial charge on any atom is -0.339 e. The van der Waals surface area contributed by atoms with E-state index in [-0.39, 0.29) is 5.91 Å². The van der Waals surface area contributed by atoms with Gasteiger partial charge in [0.2, 0.25) is 0 Å². The molecule has 0 spiro atoms. The van der Waals surface area contributed by atoms with Gasteiger partial charge in [-0.2, -0.15) is 10.4 Å². The Bertz CT molecular complexity index is 1150. The summed E-state index contributed by atoms with van der Waals surface area (Å²) >= 11 is 6.24. The Morgan fingerprint density at radius 3 is 2.45 bits per heavy atom. The quantitative estimate of drug-likeness (QED) is 0.557. The smallest absolute Gasteiger partial charge is 0.253 e. The number of nitriles is 1. The maximum absolute atomic E-state index is 12.7. The SMILES string of the molecule is Cc1nn(Cc2ccc(C(=O)N3CCCCC3)cc2)c(C)c1-c1ccc(C#N)c(Cl)c1. The number of rotatable bonds is 4. The highest BCUT2D eigenvalue weighted by atomic mass is 35.5. The van der Waals surface area contributed by atoms with Crippen molar-refractivity contribution in [3.63, 3.8) is 0 Å². The fraction of sp³-hybridized carbons (Fsp3) is 0.320. The van der Waals surface area contributed by atoms with Crippen molar-refractivity contribution in [3.8, 4) is 17.2 Å². The molecule has 1 aromatic heterocycles. The van der Waals surface area contributed by atoms with E-state index in [1.807, 2.05) is 59.8 Å². The molecule has 6 heteroatoms. The molecule has 1 saturated heterocycles. The van der Waals surface area contributed by atoms with Gasteiger partial charge in [0.15, 0.2) is 0 Å². The van der Waals surface area contributed by atoms with Gasteiger partial charge < -0.3 is 4.90 Å². The van der Waals surface area contributed by atoms with E-state index in [1.54, 1.807) is 6.07 Å². The number of likely N-dealkylation sites (tertiary alicyclic amines) is 1. The minimum atomic E-state index is 0.123. The van der Waals surface area contributed by atoms with Crippen molar-refractivity contribution in [1.82, 2.24) is 14.7 Å². The van der Waals surface area contributed by atoms with E-state index in [2.05, 4.69) is 6.07 Å². The third-order valence-electron chi connectivity index (χ3n) is 5.94. The van der Waals surface area contributed by atoms with Crippen LogP contribution in [-0.4, -0.2) is 33.7 Å². The Labute approximate surface area is 187 Å². The Balaban J connectivity index is 1.54. The number of carbonyl (C=O) groups excluding carboxylic acids is 1. The predicted octanol–water partition coefficient (Wildman–Crippen LogP) is 5.37. The van der Waals surface area contributed by atoms with Crippen molar-refractivity contribution in [1.29, 1.82) is 5.26 Å². The van der Waals surface area contributed by atoms with Crippen molar-refractivity contribution in [2.75, 3.05) is 13.1 Å². The summed E-state index contributed by atoms with van der Waals surface area (Å²) in [4.78, 5) is 14.6. The fourth-order valence-electron chi connectivity index (χ4n) is 4.24. The lowest BCUT2D eigenvalue weighted by atomic mass is 10.0. The molecule has 1 amide bonds. The van der Waals surface area contributed by atoms with Crippen LogP contribution in [-0.2, 0) is 6.54 Å². The van der Waals surface area contributed by atoms with Crippen molar-refractivity contribution >= 4 is 17.5 Å². The minimum absolute atomic E-state index is 0.123. The maximum atomic E-state index is 12.7. The molecule has 2 heterocycles. The number of amides is 1. The average Bonchev–Trinajstić information content (AvgIpc) is 3.07. The molecule has 5 nitrogen and oxygen atoms in total. The molecule has 0 atom stereocenters. The number of benzene rings is 2. The van der Waals surface area contributed by atoms with Crippen LogP contribution in [0, 0.1) is 25.2 Å². The van der Waals surface area contributed by atoms with Gasteiger partial charge in [0.05, 0.1) is 22.8 Å². The van der Waals surface area contributed by atoms with Crippen molar-refractivity contribution in [2.45, 2.75) is 39.7 Å². The highest BCUT2D eigenvalue weighted by Crippen LogP contribution is 2.30. The Kier molecular flexibility index (Phi) is 6.11. The molecule has 0 saturated carbocycles. The molecule has 0 radical (unpaired) electrons. The van der Waals surface area contributed by atoms with Gasteiger partial charge in [-0.25, -0.2) is 0 Å². The summed E-state index contributed by atoms with van der Waals surface area (Å²) in [5, 5.41) is 14.3. The number of aryl methyl sites for hydroxylation is 1. The number of carbonyl (C=O) groups is 1. The van der Waals surface area contributed by atoms with Crippen LogP contribution in [0.25, 0.3) is 11.1 Å². The number of nitrogens with zero attached hydrogens (tertiary/aromatic N) is 4. The third-order valence-corrected chi connectivity index (χ3v) is 6.25. The summed E-state index contributed by atoms with van der Waals surface area (Å²) in [5.74, 6) is 0.123. The molecule has 1 fully saturated rings. The number of hydrogen-bond acceptors (Lipinski definition) is 3. The van der Waals surface area contributed by atoms with Crippen LogP contribution >= 0.6 is 11.6 Å². The third kappa shape index (κ3) is 4.35. The fourth-order valence-corrected chi connectivity index (χ4v) is 4.46. The molecule has 1 aliphatic heterocycles. The van der Waals surface area contributed by atoms with E-state index in [0.717, 1.165) is 59.6 Å². The maximum Gasteiger partial charge on any atom is 0.253 e. The van der Waals surface area contributed by atoms with Gasteiger partial charge in [0.1, 0.15) is 6.07 Å². The van der Waals surface area contributed by atoms with Crippen LogP contribution in [0.3, 0.4) is 0 Å². The normalized spacial score (nSPS) is 13.8. The van der Waals surface area contributed by atoms with Crippen LogP contribution in [0.5, 0.6) is 0 Å². The molecule has 31 heavy (non-hydrogen) atoms. The number of hydrogen-bond donors (Lipinski definition) is 0. The van der Waals surface area contributed by atoms with E-state index in [0.29, 0.717) is 17.1 Å². The van der Waals surface area contributed by atoms with Crippen LogP contribution in [0.15, 0.2) is 42.5 Å². The molecule has 0 N–H and O–H groups in total.